The Kier molecular flexibility index (Phi) is 2.85. The number of hydrogen-bond acceptors (Lipinski definition) is 2. The van der Waals surface area contributed by atoms with Crippen molar-refractivity contribution < 1.29 is 0 Å². The van der Waals surface area contributed by atoms with Gasteiger partial charge in [-0.2, -0.15) is 0 Å². The third kappa shape index (κ3) is 2.09. The number of hydrogen-bond donors (Lipinski definition) is 1. The SMILES string of the molecule is Cc1cc(N2CCCCC2)c(C)cc1N. The Morgan fingerprint density at radius 3 is 2.33 bits per heavy atom. The predicted molar refractivity (Wildman–Crippen MR) is 66.4 cm³/mol. The van der Waals surface area contributed by atoms with Crippen LogP contribution in [-0.4, -0.2) is 13.1 Å². The van der Waals surface area contributed by atoms with Crippen LogP contribution >= 0.6 is 0 Å². The molecular formula is C13H20N2. The third-order valence-corrected chi connectivity index (χ3v) is 3.28. The van der Waals surface area contributed by atoms with Gasteiger partial charge in [-0.3, -0.25) is 0 Å². The lowest BCUT2D eigenvalue weighted by Crippen LogP contribution is -2.30. The van der Waals surface area contributed by atoms with E-state index >= 15 is 0 Å². The van der Waals surface area contributed by atoms with E-state index in [4.69, 9.17) is 5.73 Å². The fraction of sp³-hybridized carbons (Fsp3) is 0.538. The quantitative estimate of drug-likeness (QED) is 0.713. The Balaban J connectivity index is 2.30. The summed E-state index contributed by atoms with van der Waals surface area (Å²) in [6, 6.07) is 4.33. The fourth-order valence-corrected chi connectivity index (χ4v) is 2.30. The second-order valence-electron chi connectivity index (χ2n) is 4.54. The largest absolute Gasteiger partial charge is 0.399 e. The van der Waals surface area contributed by atoms with Crippen molar-refractivity contribution in [3.8, 4) is 0 Å². The van der Waals surface area contributed by atoms with Gasteiger partial charge >= 0.3 is 0 Å². The Morgan fingerprint density at radius 2 is 1.67 bits per heavy atom. The van der Waals surface area contributed by atoms with Crippen LogP contribution in [0.4, 0.5) is 11.4 Å². The summed E-state index contributed by atoms with van der Waals surface area (Å²) >= 11 is 0. The molecule has 1 saturated heterocycles. The van der Waals surface area contributed by atoms with E-state index in [1.54, 1.807) is 0 Å². The van der Waals surface area contributed by atoms with Crippen LogP contribution in [0.3, 0.4) is 0 Å². The van der Waals surface area contributed by atoms with Crippen LogP contribution in [0.25, 0.3) is 0 Å². The lowest BCUT2D eigenvalue weighted by atomic mass is 10.0. The van der Waals surface area contributed by atoms with Gasteiger partial charge in [0.2, 0.25) is 0 Å². The van der Waals surface area contributed by atoms with Crippen molar-refractivity contribution in [3.05, 3.63) is 23.3 Å². The molecule has 0 aromatic heterocycles. The van der Waals surface area contributed by atoms with E-state index in [1.807, 2.05) is 0 Å². The second-order valence-corrected chi connectivity index (χ2v) is 4.54. The topological polar surface area (TPSA) is 29.3 Å². The minimum atomic E-state index is 0.910. The molecular weight excluding hydrogens is 184 g/mol. The molecule has 2 heteroatoms. The van der Waals surface area contributed by atoms with Gasteiger partial charge in [0.1, 0.15) is 0 Å². The van der Waals surface area contributed by atoms with Gasteiger partial charge in [-0.1, -0.05) is 0 Å². The predicted octanol–water partition coefficient (Wildman–Crippen LogP) is 2.88. The van der Waals surface area contributed by atoms with Crippen molar-refractivity contribution in [2.45, 2.75) is 33.1 Å². The minimum Gasteiger partial charge on any atom is -0.399 e. The molecule has 0 saturated carbocycles. The molecule has 15 heavy (non-hydrogen) atoms. The van der Waals surface area contributed by atoms with Crippen LogP contribution in [0.1, 0.15) is 30.4 Å². The van der Waals surface area contributed by atoms with E-state index in [9.17, 15) is 0 Å². The lowest BCUT2D eigenvalue weighted by Gasteiger charge is -2.30. The molecule has 0 bridgehead atoms. The van der Waals surface area contributed by atoms with Crippen LogP contribution < -0.4 is 10.6 Å². The van der Waals surface area contributed by atoms with Crippen molar-refractivity contribution in [1.29, 1.82) is 0 Å². The van der Waals surface area contributed by atoms with Gasteiger partial charge in [0, 0.05) is 24.5 Å². The smallest absolute Gasteiger partial charge is 0.0400 e. The first kappa shape index (κ1) is 10.3. The van der Waals surface area contributed by atoms with E-state index in [-0.39, 0.29) is 0 Å². The van der Waals surface area contributed by atoms with Gasteiger partial charge in [0.25, 0.3) is 0 Å². The van der Waals surface area contributed by atoms with Crippen LogP contribution in [0.2, 0.25) is 0 Å². The average Bonchev–Trinajstić information content (AvgIpc) is 2.25. The highest BCUT2D eigenvalue weighted by Gasteiger charge is 2.13. The van der Waals surface area contributed by atoms with Gasteiger partial charge in [0.05, 0.1) is 0 Å². The molecule has 1 heterocycles. The third-order valence-electron chi connectivity index (χ3n) is 3.28. The molecule has 1 aromatic carbocycles. The van der Waals surface area contributed by atoms with E-state index in [0.29, 0.717) is 0 Å². The molecule has 1 aliphatic rings. The summed E-state index contributed by atoms with van der Waals surface area (Å²) in [6.07, 6.45) is 4.02. The maximum absolute atomic E-state index is 5.90. The summed E-state index contributed by atoms with van der Waals surface area (Å²) in [5.41, 5.74) is 10.7. The van der Waals surface area contributed by atoms with Crippen molar-refractivity contribution >= 4 is 11.4 Å². The Labute approximate surface area is 92.1 Å². The average molecular weight is 204 g/mol. The van der Waals surface area contributed by atoms with Crippen LogP contribution in [0, 0.1) is 13.8 Å². The first-order valence-corrected chi connectivity index (χ1v) is 5.80. The molecule has 0 radical (unpaired) electrons. The molecule has 0 aliphatic carbocycles. The summed E-state index contributed by atoms with van der Waals surface area (Å²) < 4.78 is 0. The van der Waals surface area contributed by atoms with Crippen LogP contribution in [0.5, 0.6) is 0 Å². The molecule has 1 fully saturated rings. The highest BCUT2D eigenvalue weighted by Crippen LogP contribution is 2.27. The normalized spacial score (nSPS) is 16.8. The van der Waals surface area contributed by atoms with Crippen molar-refractivity contribution in [3.63, 3.8) is 0 Å². The van der Waals surface area contributed by atoms with E-state index in [2.05, 4.69) is 30.9 Å². The van der Waals surface area contributed by atoms with Crippen molar-refractivity contribution in [2.75, 3.05) is 23.7 Å². The second kappa shape index (κ2) is 4.13. The molecule has 2 nitrogen and oxygen atoms in total. The van der Waals surface area contributed by atoms with Gasteiger partial charge < -0.3 is 10.6 Å². The molecule has 2 N–H and O–H groups in total. The lowest BCUT2D eigenvalue weighted by molar-refractivity contribution is 0.577. The number of nitrogen functional groups attached to an aromatic ring is 1. The number of piperidine rings is 1. The zero-order valence-electron chi connectivity index (χ0n) is 9.71. The molecule has 2 rings (SSSR count). The molecule has 0 amide bonds. The summed E-state index contributed by atoms with van der Waals surface area (Å²) in [5.74, 6) is 0. The van der Waals surface area contributed by atoms with Gasteiger partial charge in [0.15, 0.2) is 0 Å². The maximum atomic E-state index is 5.90. The standard InChI is InChI=1S/C13H20N2/c1-10-9-13(11(2)8-12(10)14)15-6-4-3-5-7-15/h8-9H,3-7,14H2,1-2H3. The molecule has 1 aliphatic heterocycles. The Morgan fingerprint density at radius 1 is 1.00 bits per heavy atom. The fourth-order valence-electron chi connectivity index (χ4n) is 2.30. The molecule has 0 atom stereocenters. The van der Waals surface area contributed by atoms with E-state index < -0.39 is 0 Å². The van der Waals surface area contributed by atoms with Crippen LogP contribution in [0.15, 0.2) is 12.1 Å². The van der Waals surface area contributed by atoms with E-state index in [0.717, 1.165) is 5.69 Å². The molecule has 82 valence electrons. The van der Waals surface area contributed by atoms with Crippen LogP contribution in [-0.2, 0) is 0 Å². The summed E-state index contributed by atoms with van der Waals surface area (Å²) in [7, 11) is 0. The number of nitrogens with two attached hydrogens (primary N) is 1. The number of benzene rings is 1. The number of anilines is 2. The van der Waals surface area contributed by atoms with Crippen molar-refractivity contribution in [1.82, 2.24) is 0 Å². The minimum absolute atomic E-state index is 0.910. The zero-order valence-corrected chi connectivity index (χ0v) is 9.71. The van der Waals surface area contributed by atoms with Gasteiger partial charge in [-0.15, -0.1) is 0 Å². The summed E-state index contributed by atoms with van der Waals surface area (Å²) in [4.78, 5) is 2.49. The number of rotatable bonds is 1. The van der Waals surface area contributed by atoms with Crippen molar-refractivity contribution in [2.24, 2.45) is 0 Å². The highest BCUT2D eigenvalue weighted by atomic mass is 15.1. The maximum Gasteiger partial charge on any atom is 0.0400 e. The monoisotopic (exact) mass is 204 g/mol. The molecule has 0 spiro atoms. The number of aryl methyl sites for hydroxylation is 2. The Bertz CT molecular complexity index is 352. The molecule has 1 aromatic rings. The summed E-state index contributed by atoms with van der Waals surface area (Å²) in [6.45, 7) is 6.64. The number of nitrogens with zero attached hydrogens (tertiary/aromatic N) is 1. The summed E-state index contributed by atoms with van der Waals surface area (Å²) in [5, 5.41) is 0. The first-order chi connectivity index (χ1) is 7.18. The zero-order chi connectivity index (χ0) is 10.8. The molecule has 0 unspecified atom stereocenters. The highest BCUT2D eigenvalue weighted by molar-refractivity contribution is 5.63. The van der Waals surface area contributed by atoms with Gasteiger partial charge in [-0.25, -0.2) is 0 Å². The van der Waals surface area contributed by atoms with E-state index in [1.165, 1.54) is 49.2 Å². The van der Waals surface area contributed by atoms with Gasteiger partial charge in [-0.05, 0) is 56.4 Å². The Hall–Kier alpha value is -1.18. The first-order valence-electron chi connectivity index (χ1n) is 5.80.